The number of para-hydroxylation sites is 1. The maximum absolute atomic E-state index is 11.7. The van der Waals surface area contributed by atoms with Crippen molar-refractivity contribution < 1.29 is 9.21 Å². The lowest BCUT2D eigenvalue weighted by Gasteiger charge is -2.22. The molecule has 0 aliphatic rings. The summed E-state index contributed by atoms with van der Waals surface area (Å²) in [6, 6.07) is 7.87. The summed E-state index contributed by atoms with van der Waals surface area (Å²) in [5.41, 5.74) is 2.05. The molecule has 0 radical (unpaired) electrons. The number of nitrogens with zero attached hydrogens (tertiary/aromatic N) is 1. The van der Waals surface area contributed by atoms with Crippen molar-refractivity contribution in [2.75, 3.05) is 7.05 Å². The van der Waals surface area contributed by atoms with E-state index in [1.807, 2.05) is 25.1 Å². The van der Waals surface area contributed by atoms with Crippen molar-refractivity contribution in [2.24, 2.45) is 0 Å². The number of carbonyl (C=O) groups is 1. The summed E-state index contributed by atoms with van der Waals surface area (Å²) in [6.07, 6.45) is 2.21. The number of furan rings is 1. The molecule has 2 rings (SSSR count). The predicted molar refractivity (Wildman–Crippen MR) is 77.0 cm³/mol. The van der Waals surface area contributed by atoms with Crippen LogP contribution in [0.15, 0.2) is 41.3 Å². The Kier molecular flexibility index (Phi) is 3.74. The molecule has 100 valence electrons. The Balaban J connectivity index is 2.49. The first-order valence-electron chi connectivity index (χ1n) is 6.49. The predicted octanol–water partition coefficient (Wildman–Crippen LogP) is 3.70. The quantitative estimate of drug-likeness (QED) is 0.782. The van der Waals surface area contributed by atoms with Crippen LogP contribution in [0.5, 0.6) is 0 Å². The minimum Gasteiger partial charge on any atom is -0.459 e. The van der Waals surface area contributed by atoms with Gasteiger partial charge in [0.05, 0.1) is 6.04 Å². The lowest BCUT2D eigenvalue weighted by atomic mass is 10.0. The molecule has 0 bridgehead atoms. The van der Waals surface area contributed by atoms with Crippen LogP contribution in [0, 0.1) is 0 Å². The Morgan fingerprint density at radius 2 is 2.16 bits per heavy atom. The van der Waals surface area contributed by atoms with Gasteiger partial charge in [-0.25, -0.2) is 0 Å². The van der Waals surface area contributed by atoms with Gasteiger partial charge in [0.15, 0.2) is 0 Å². The minimum atomic E-state index is -0.104. The van der Waals surface area contributed by atoms with Crippen LogP contribution < -0.4 is 0 Å². The highest BCUT2D eigenvalue weighted by Gasteiger charge is 2.23. The Labute approximate surface area is 113 Å². The van der Waals surface area contributed by atoms with Gasteiger partial charge in [-0.2, -0.15) is 0 Å². The van der Waals surface area contributed by atoms with E-state index in [2.05, 4.69) is 19.6 Å². The van der Waals surface area contributed by atoms with Crippen LogP contribution in [-0.2, 0) is 11.2 Å². The molecular formula is C16H19NO2. The van der Waals surface area contributed by atoms with Gasteiger partial charge in [-0.05, 0) is 25.5 Å². The number of rotatable bonds is 4. The van der Waals surface area contributed by atoms with Crippen molar-refractivity contribution in [1.82, 2.24) is 4.90 Å². The van der Waals surface area contributed by atoms with Crippen LogP contribution in [0.2, 0.25) is 0 Å². The third kappa shape index (κ3) is 2.28. The molecule has 0 N–H and O–H groups in total. The van der Waals surface area contributed by atoms with Gasteiger partial charge in [-0.1, -0.05) is 31.7 Å². The molecule has 1 amide bonds. The first kappa shape index (κ1) is 13.4. The fraction of sp³-hybridized carbons (Fsp3) is 0.312. The minimum absolute atomic E-state index is 0.102. The SMILES string of the molecule is C=CC(=O)N(C)C(C)c1oc2ccccc2c1CC. The number of benzene rings is 1. The van der Waals surface area contributed by atoms with Crippen LogP contribution in [0.4, 0.5) is 0 Å². The summed E-state index contributed by atoms with van der Waals surface area (Å²) >= 11 is 0. The van der Waals surface area contributed by atoms with Gasteiger partial charge in [0.2, 0.25) is 5.91 Å². The first-order chi connectivity index (χ1) is 9.10. The van der Waals surface area contributed by atoms with Crippen molar-refractivity contribution in [3.05, 3.63) is 48.2 Å². The number of fused-ring (bicyclic) bond motifs is 1. The van der Waals surface area contributed by atoms with E-state index in [4.69, 9.17) is 4.42 Å². The van der Waals surface area contributed by atoms with Crippen molar-refractivity contribution >= 4 is 16.9 Å². The zero-order chi connectivity index (χ0) is 14.0. The third-order valence-corrected chi connectivity index (χ3v) is 3.57. The maximum atomic E-state index is 11.7. The molecule has 0 saturated heterocycles. The summed E-state index contributed by atoms with van der Waals surface area (Å²) in [7, 11) is 1.77. The van der Waals surface area contributed by atoms with E-state index in [1.165, 1.54) is 11.6 Å². The molecule has 0 fully saturated rings. The van der Waals surface area contributed by atoms with Crippen molar-refractivity contribution in [3.63, 3.8) is 0 Å². The molecule has 3 heteroatoms. The highest BCUT2D eigenvalue weighted by Crippen LogP contribution is 2.32. The topological polar surface area (TPSA) is 33.5 Å². The molecule has 0 saturated carbocycles. The van der Waals surface area contributed by atoms with Crippen molar-refractivity contribution in [3.8, 4) is 0 Å². The number of aryl methyl sites for hydroxylation is 1. The van der Waals surface area contributed by atoms with E-state index in [9.17, 15) is 4.79 Å². The Morgan fingerprint density at radius 3 is 2.79 bits per heavy atom. The molecule has 0 spiro atoms. The second kappa shape index (κ2) is 5.31. The average Bonchev–Trinajstić information content (AvgIpc) is 2.83. The molecule has 19 heavy (non-hydrogen) atoms. The van der Waals surface area contributed by atoms with Crippen LogP contribution in [0.25, 0.3) is 11.0 Å². The summed E-state index contributed by atoms with van der Waals surface area (Å²) in [4.78, 5) is 13.4. The van der Waals surface area contributed by atoms with Crippen LogP contribution in [-0.4, -0.2) is 17.9 Å². The lowest BCUT2D eigenvalue weighted by molar-refractivity contribution is -0.126. The summed E-state index contributed by atoms with van der Waals surface area (Å²) in [6.45, 7) is 7.59. The molecule has 1 atom stereocenters. The van der Waals surface area contributed by atoms with E-state index >= 15 is 0 Å². The molecule has 3 nitrogen and oxygen atoms in total. The molecule has 2 aromatic rings. The van der Waals surface area contributed by atoms with E-state index in [0.29, 0.717) is 0 Å². The third-order valence-electron chi connectivity index (χ3n) is 3.57. The van der Waals surface area contributed by atoms with Gasteiger partial charge in [-0.15, -0.1) is 0 Å². The molecule has 1 unspecified atom stereocenters. The highest BCUT2D eigenvalue weighted by molar-refractivity contribution is 5.87. The zero-order valence-electron chi connectivity index (χ0n) is 11.6. The van der Waals surface area contributed by atoms with Crippen molar-refractivity contribution in [2.45, 2.75) is 26.3 Å². The van der Waals surface area contributed by atoms with Crippen molar-refractivity contribution in [1.29, 1.82) is 0 Å². The Morgan fingerprint density at radius 1 is 1.47 bits per heavy atom. The number of likely N-dealkylation sites (N-methyl/N-ethyl adjacent to an activating group) is 1. The van der Waals surface area contributed by atoms with E-state index in [-0.39, 0.29) is 11.9 Å². The Bertz CT molecular complexity index is 612. The largest absolute Gasteiger partial charge is 0.459 e. The van der Waals surface area contributed by atoms with Crippen LogP contribution >= 0.6 is 0 Å². The molecule has 1 heterocycles. The summed E-state index contributed by atoms with van der Waals surface area (Å²) in [5, 5.41) is 1.13. The van der Waals surface area contributed by atoms with E-state index in [0.717, 1.165) is 23.2 Å². The number of hydrogen-bond donors (Lipinski definition) is 0. The van der Waals surface area contributed by atoms with Gasteiger partial charge in [-0.3, -0.25) is 4.79 Å². The Hall–Kier alpha value is -2.03. The molecule has 1 aromatic carbocycles. The second-order valence-corrected chi connectivity index (χ2v) is 4.62. The first-order valence-corrected chi connectivity index (χ1v) is 6.49. The summed E-state index contributed by atoms with van der Waals surface area (Å²) in [5.74, 6) is 0.761. The molecular weight excluding hydrogens is 238 g/mol. The molecule has 1 aromatic heterocycles. The fourth-order valence-electron chi connectivity index (χ4n) is 2.33. The normalized spacial score (nSPS) is 12.4. The fourth-order valence-corrected chi connectivity index (χ4v) is 2.33. The molecule has 0 aliphatic carbocycles. The number of hydrogen-bond acceptors (Lipinski definition) is 2. The standard InChI is InChI=1S/C16H19NO2/c1-5-12-13-9-7-8-10-14(13)19-16(12)11(3)17(4)15(18)6-2/h6-11H,2,5H2,1,3-4H3. The monoisotopic (exact) mass is 257 g/mol. The number of amides is 1. The van der Waals surface area contributed by atoms with Gasteiger partial charge in [0, 0.05) is 18.0 Å². The van der Waals surface area contributed by atoms with Gasteiger partial charge >= 0.3 is 0 Å². The highest BCUT2D eigenvalue weighted by atomic mass is 16.3. The maximum Gasteiger partial charge on any atom is 0.246 e. The number of carbonyl (C=O) groups excluding carboxylic acids is 1. The van der Waals surface area contributed by atoms with Gasteiger partial charge in [0.1, 0.15) is 11.3 Å². The van der Waals surface area contributed by atoms with E-state index in [1.54, 1.807) is 11.9 Å². The lowest BCUT2D eigenvalue weighted by Crippen LogP contribution is -2.28. The van der Waals surface area contributed by atoms with E-state index < -0.39 is 0 Å². The van der Waals surface area contributed by atoms with Crippen LogP contribution in [0.3, 0.4) is 0 Å². The average molecular weight is 257 g/mol. The summed E-state index contributed by atoms with van der Waals surface area (Å²) < 4.78 is 5.94. The van der Waals surface area contributed by atoms with Gasteiger partial charge < -0.3 is 9.32 Å². The molecule has 0 aliphatic heterocycles. The van der Waals surface area contributed by atoms with Crippen LogP contribution in [0.1, 0.15) is 31.2 Å². The van der Waals surface area contributed by atoms with Gasteiger partial charge in [0.25, 0.3) is 0 Å². The zero-order valence-corrected chi connectivity index (χ0v) is 11.6. The second-order valence-electron chi connectivity index (χ2n) is 4.62. The smallest absolute Gasteiger partial charge is 0.246 e.